The van der Waals surface area contributed by atoms with Gasteiger partial charge >= 0.3 is 0 Å². The summed E-state index contributed by atoms with van der Waals surface area (Å²) in [7, 11) is 0. The SMILES string of the molecule is N#Cc1c(N)nc2[nH]c(=S)[nH]c(=O)c2c1-c1ccccc1. The highest BCUT2D eigenvalue weighted by Crippen LogP contribution is 2.30. The lowest BCUT2D eigenvalue weighted by Crippen LogP contribution is -2.12. The molecular formula is C14H9N5OS. The first-order valence-corrected chi connectivity index (χ1v) is 6.44. The summed E-state index contributed by atoms with van der Waals surface area (Å²) >= 11 is 4.93. The number of nitrogens with one attached hydrogen (secondary N) is 2. The van der Waals surface area contributed by atoms with Gasteiger partial charge in [0.1, 0.15) is 23.1 Å². The molecule has 3 rings (SSSR count). The number of nitrogens with zero attached hydrogens (tertiary/aromatic N) is 2. The highest BCUT2D eigenvalue weighted by Gasteiger charge is 2.17. The van der Waals surface area contributed by atoms with Crippen LogP contribution in [0.5, 0.6) is 0 Å². The molecule has 1 aromatic carbocycles. The standard InChI is InChI=1S/C14H9N5OS/c15-6-8-9(7-4-2-1-3-5-7)10-12(17-11(8)16)18-14(21)19-13(10)20/h1-5H,(H4,16,17,18,19,20,21). The number of benzene rings is 1. The Bertz CT molecular complexity index is 998. The normalized spacial score (nSPS) is 10.4. The fraction of sp³-hybridized carbons (Fsp3) is 0. The summed E-state index contributed by atoms with van der Waals surface area (Å²) in [5.74, 6) is 0.0557. The van der Waals surface area contributed by atoms with Crippen molar-refractivity contribution in [2.75, 3.05) is 5.73 Å². The molecule has 0 aliphatic rings. The summed E-state index contributed by atoms with van der Waals surface area (Å²) < 4.78 is 0.156. The molecule has 0 unspecified atom stereocenters. The second kappa shape index (κ2) is 4.85. The molecule has 2 aromatic heterocycles. The summed E-state index contributed by atoms with van der Waals surface area (Å²) in [5, 5.41) is 9.62. The molecule has 21 heavy (non-hydrogen) atoms. The van der Waals surface area contributed by atoms with E-state index in [0.717, 1.165) is 0 Å². The number of hydrogen-bond donors (Lipinski definition) is 3. The lowest BCUT2D eigenvalue weighted by molar-refractivity contribution is 1.11. The molecule has 102 valence electrons. The predicted molar refractivity (Wildman–Crippen MR) is 82.1 cm³/mol. The number of nitrogen functional groups attached to an aromatic ring is 1. The molecule has 2 heterocycles. The summed E-state index contributed by atoms with van der Waals surface area (Å²) in [4.78, 5) is 21.6. The van der Waals surface area contributed by atoms with E-state index in [0.29, 0.717) is 11.1 Å². The van der Waals surface area contributed by atoms with Gasteiger partial charge in [-0.25, -0.2) is 4.98 Å². The summed E-state index contributed by atoms with van der Waals surface area (Å²) in [6.45, 7) is 0. The minimum absolute atomic E-state index is 0.0557. The maximum Gasteiger partial charge on any atom is 0.261 e. The van der Waals surface area contributed by atoms with E-state index >= 15 is 0 Å². The Morgan fingerprint density at radius 2 is 1.95 bits per heavy atom. The van der Waals surface area contributed by atoms with E-state index in [1.165, 1.54) is 0 Å². The fourth-order valence-corrected chi connectivity index (χ4v) is 2.42. The highest BCUT2D eigenvalue weighted by molar-refractivity contribution is 7.71. The minimum Gasteiger partial charge on any atom is -0.383 e. The number of aromatic amines is 2. The van der Waals surface area contributed by atoms with Crippen molar-refractivity contribution >= 4 is 29.1 Å². The average molecular weight is 295 g/mol. The highest BCUT2D eigenvalue weighted by atomic mass is 32.1. The molecule has 0 aliphatic carbocycles. The molecule has 0 saturated carbocycles. The zero-order valence-electron chi connectivity index (χ0n) is 10.7. The van der Waals surface area contributed by atoms with Crippen LogP contribution in [-0.4, -0.2) is 15.0 Å². The molecular weight excluding hydrogens is 286 g/mol. The Hall–Kier alpha value is -2.98. The van der Waals surface area contributed by atoms with Gasteiger partial charge in [0.2, 0.25) is 0 Å². The van der Waals surface area contributed by atoms with Crippen LogP contribution in [-0.2, 0) is 0 Å². The number of H-pyrrole nitrogens is 2. The molecule has 7 heteroatoms. The second-order valence-corrected chi connectivity index (χ2v) is 4.76. The first-order valence-electron chi connectivity index (χ1n) is 6.03. The first kappa shape index (κ1) is 13.0. The van der Waals surface area contributed by atoms with E-state index < -0.39 is 5.56 Å². The molecule has 0 radical (unpaired) electrons. The van der Waals surface area contributed by atoms with Gasteiger partial charge in [0.25, 0.3) is 5.56 Å². The number of rotatable bonds is 1. The van der Waals surface area contributed by atoms with Crippen LogP contribution in [0.2, 0.25) is 0 Å². The molecule has 3 aromatic rings. The van der Waals surface area contributed by atoms with E-state index in [2.05, 4.69) is 15.0 Å². The van der Waals surface area contributed by atoms with E-state index in [4.69, 9.17) is 18.0 Å². The van der Waals surface area contributed by atoms with Crippen LogP contribution in [0.15, 0.2) is 35.1 Å². The van der Waals surface area contributed by atoms with Crippen LogP contribution in [0.25, 0.3) is 22.2 Å². The van der Waals surface area contributed by atoms with Gasteiger partial charge < -0.3 is 10.7 Å². The van der Waals surface area contributed by atoms with Gasteiger partial charge in [-0.05, 0) is 17.8 Å². The van der Waals surface area contributed by atoms with Gasteiger partial charge in [0.15, 0.2) is 4.77 Å². The average Bonchev–Trinajstić information content (AvgIpc) is 2.46. The van der Waals surface area contributed by atoms with Crippen molar-refractivity contribution in [1.82, 2.24) is 15.0 Å². The summed E-state index contributed by atoms with van der Waals surface area (Å²) in [6.07, 6.45) is 0. The Morgan fingerprint density at radius 1 is 1.24 bits per heavy atom. The fourth-order valence-electron chi connectivity index (χ4n) is 2.23. The van der Waals surface area contributed by atoms with E-state index in [9.17, 15) is 10.1 Å². The molecule has 0 amide bonds. The maximum absolute atomic E-state index is 12.2. The molecule has 0 bridgehead atoms. The monoisotopic (exact) mass is 295 g/mol. The van der Waals surface area contributed by atoms with Gasteiger partial charge in [-0.3, -0.25) is 9.78 Å². The Kier molecular flexibility index (Phi) is 3.01. The Labute approximate surface area is 123 Å². The molecule has 0 fully saturated rings. The smallest absolute Gasteiger partial charge is 0.261 e. The van der Waals surface area contributed by atoms with E-state index in [-0.39, 0.29) is 27.2 Å². The molecule has 0 atom stereocenters. The largest absolute Gasteiger partial charge is 0.383 e. The van der Waals surface area contributed by atoms with Crippen LogP contribution in [0.3, 0.4) is 0 Å². The minimum atomic E-state index is -0.406. The zero-order chi connectivity index (χ0) is 15.0. The number of pyridine rings is 1. The lowest BCUT2D eigenvalue weighted by Gasteiger charge is -2.10. The van der Waals surface area contributed by atoms with Crippen molar-refractivity contribution in [3.63, 3.8) is 0 Å². The van der Waals surface area contributed by atoms with Crippen molar-refractivity contribution in [2.45, 2.75) is 0 Å². The lowest BCUT2D eigenvalue weighted by atomic mass is 9.98. The van der Waals surface area contributed by atoms with Crippen molar-refractivity contribution in [3.05, 3.63) is 51.0 Å². The first-order chi connectivity index (χ1) is 10.1. The molecule has 0 saturated heterocycles. The summed E-state index contributed by atoms with van der Waals surface area (Å²) in [6, 6.07) is 11.1. The number of nitriles is 1. The van der Waals surface area contributed by atoms with Crippen molar-refractivity contribution in [3.8, 4) is 17.2 Å². The van der Waals surface area contributed by atoms with E-state index in [1.54, 1.807) is 12.1 Å². The van der Waals surface area contributed by atoms with Gasteiger partial charge in [-0.1, -0.05) is 30.3 Å². The molecule has 4 N–H and O–H groups in total. The van der Waals surface area contributed by atoms with Crippen molar-refractivity contribution in [2.24, 2.45) is 0 Å². The molecule has 0 spiro atoms. The maximum atomic E-state index is 12.2. The second-order valence-electron chi connectivity index (χ2n) is 4.36. The number of aromatic nitrogens is 3. The van der Waals surface area contributed by atoms with Crippen LogP contribution < -0.4 is 11.3 Å². The number of nitrogens with two attached hydrogens (primary N) is 1. The summed E-state index contributed by atoms with van der Waals surface area (Å²) in [5.41, 5.74) is 7.03. The Morgan fingerprint density at radius 3 is 2.62 bits per heavy atom. The van der Waals surface area contributed by atoms with Crippen LogP contribution in [0.1, 0.15) is 5.56 Å². The van der Waals surface area contributed by atoms with Crippen LogP contribution in [0.4, 0.5) is 5.82 Å². The quantitative estimate of drug-likeness (QED) is 0.595. The number of hydrogen-bond acceptors (Lipinski definition) is 5. The Balaban J connectivity index is 2.60. The number of fused-ring (bicyclic) bond motifs is 1. The third-order valence-electron chi connectivity index (χ3n) is 3.09. The van der Waals surface area contributed by atoms with Crippen LogP contribution >= 0.6 is 12.2 Å². The molecule has 0 aliphatic heterocycles. The van der Waals surface area contributed by atoms with Gasteiger partial charge in [-0.15, -0.1) is 0 Å². The van der Waals surface area contributed by atoms with Crippen LogP contribution in [0, 0.1) is 16.1 Å². The van der Waals surface area contributed by atoms with Crippen molar-refractivity contribution < 1.29 is 0 Å². The number of anilines is 1. The molecule has 6 nitrogen and oxygen atoms in total. The van der Waals surface area contributed by atoms with Crippen molar-refractivity contribution in [1.29, 1.82) is 5.26 Å². The van der Waals surface area contributed by atoms with E-state index in [1.807, 2.05) is 24.3 Å². The zero-order valence-corrected chi connectivity index (χ0v) is 11.5. The van der Waals surface area contributed by atoms with Gasteiger partial charge in [0, 0.05) is 5.56 Å². The third kappa shape index (κ3) is 2.07. The van der Waals surface area contributed by atoms with Gasteiger partial charge in [0.05, 0.1) is 5.39 Å². The third-order valence-corrected chi connectivity index (χ3v) is 3.29. The topological polar surface area (TPSA) is 111 Å². The van der Waals surface area contributed by atoms with Gasteiger partial charge in [-0.2, -0.15) is 5.26 Å². The predicted octanol–water partition coefficient (Wildman–Crippen LogP) is 2.10.